The average molecular weight is 330 g/mol. The Morgan fingerprint density at radius 1 is 1.08 bits per heavy atom. The lowest BCUT2D eigenvalue weighted by molar-refractivity contribution is 0.0186. The Morgan fingerprint density at radius 3 is 2.54 bits per heavy atom. The topological polar surface area (TPSA) is 32.8 Å². The van der Waals surface area contributed by atoms with Crippen LogP contribution in [0.3, 0.4) is 0 Å². The van der Waals surface area contributed by atoms with Gasteiger partial charge in [-0.1, -0.05) is 36.8 Å². The number of hydrogen-bond acceptors (Lipinski definition) is 3. The molecule has 0 saturated carbocycles. The standard InChI is InChI=1S/C20H30N2O2/c1-20(2,3)24-19(23)22-14-12-17-18(22)11-7-8-13-21(17)15-16-9-5-4-6-10-16/h4-6,9-10,17-18H,7-8,11-15H2,1-3H3/t17-,18-/m1/s1. The quantitative estimate of drug-likeness (QED) is 0.820. The van der Waals surface area contributed by atoms with Crippen molar-refractivity contribution in [2.45, 2.75) is 70.7 Å². The number of benzene rings is 1. The van der Waals surface area contributed by atoms with E-state index >= 15 is 0 Å². The van der Waals surface area contributed by atoms with E-state index in [9.17, 15) is 4.79 Å². The van der Waals surface area contributed by atoms with Crippen molar-refractivity contribution < 1.29 is 9.53 Å². The molecule has 2 saturated heterocycles. The zero-order valence-corrected chi connectivity index (χ0v) is 15.2. The first kappa shape index (κ1) is 17.3. The van der Waals surface area contributed by atoms with Gasteiger partial charge < -0.3 is 9.64 Å². The van der Waals surface area contributed by atoms with Crippen LogP contribution in [0.2, 0.25) is 0 Å². The van der Waals surface area contributed by atoms with E-state index in [1.807, 2.05) is 25.7 Å². The van der Waals surface area contributed by atoms with Gasteiger partial charge in [-0.3, -0.25) is 4.90 Å². The van der Waals surface area contributed by atoms with Crippen LogP contribution in [0.25, 0.3) is 0 Å². The Morgan fingerprint density at radius 2 is 1.83 bits per heavy atom. The Labute approximate surface area is 145 Å². The molecule has 2 heterocycles. The molecule has 0 spiro atoms. The largest absolute Gasteiger partial charge is 0.444 e. The fourth-order valence-electron chi connectivity index (χ4n) is 4.01. The molecule has 0 aliphatic carbocycles. The molecule has 2 atom stereocenters. The van der Waals surface area contributed by atoms with E-state index < -0.39 is 5.60 Å². The van der Waals surface area contributed by atoms with E-state index in [2.05, 4.69) is 35.2 Å². The second-order valence-corrected chi connectivity index (χ2v) is 8.05. The normalized spacial score (nSPS) is 25.2. The highest BCUT2D eigenvalue weighted by Crippen LogP contribution is 2.32. The molecule has 1 aromatic rings. The molecule has 3 rings (SSSR count). The van der Waals surface area contributed by atoms with Crippen molar-refractivity contribution in [3.63, 3.8) is 0 Å². The molecule has 0 unspecified atom stereocenters. The summed E-state index contributed by atoms with van der Waals surface area (Å²) >= 11 is 0. The molecule has 4 nitrogen and oxygen atoms in total. The number of rotatable bonds is 2. The van der Waals surface area contributed by atoms with Gasteiger partial charge in [0, 0.05) is 19.1 Å². The minimum absolute atomic E-state index is 0.142. The van der Waals surface area contributed by atoms with Crippen molar-refractivity contribution >= 4 is 6.09 Å². The number of nitrogens with zero attached hydrogens (tertiary/aromatic N) is 2. The Kier molecular flexibility index (Phi) is 5.14. The van der Waals surface area contributed by atoms with Crippen LogP contribution in [0.5, 0.6) is 0 Å². The lowest BCUT2D eigenvalue weighted by Gasteiger charge is -2.34. The molecule has 1 amide bonds. The lowest BCUT2D eigenvalue weighted by Crippen LogP contribution is -2.46. The van der Waals surface area contributed by atoms with E-state index in [1.54, 1.807) is 0 Å². The van der Waals surface area contributed by atoms with Gasteiger partial charge in [0.05, 0.1) is 6.04 Å². The number of carbonyl (C=O) groups is 1. The highest BCUT2D eigenvalue weighted by atomic mass is 16.6. The molecule has 0 aromatic heterocycles. The molecule has 2 aliphatic heterocycles. The van der Waals surface area contributed by atoms with Crippen LogP contribution in [0.15, 0.2) is 30.3 Å². The Balaban J connectivity index is 1.71. The number of fused-ring (bicyclic) bond motifs is 1. The second kappa shape index (κ2) is 7.14. The predicted octanol–water partition coefficient (Wildman–Crippen LogP) is 4.05. The third-order valence-corrected chi connectivity index (χ3v) is 5.03. The first-order valence-corrected chi connectivity index (χ1v) is 9.22. The van der Waals surface area contributed by atoms with Crippen LogP contribution in [-0.4, -0.2) is 46.7 Å². The van der Waals surface area contributed by atoms with E-state index in [1.165, 1.54) is 18.4 Å². The highest BCUT2D eigenvalue weighted by molar-refractivity contribution is 5.69. The molecule has 0 radical (unpaired) electrons. The van der Waals surface area contributed by atoms with E-state index in [0.29, 0.717) is 12.1 Å². The molecule has 2 fully saturated rings. The minimum atomic E-state index is -0.427. The molecule has 2 aliphatic rings. The maximum Gasteiger partial charge on any atom is 0.410 e. The Hall–Kier alpha value is -1.55. The zero-order valence-electron chi connectivity index (χ0n) is 15.2. The molecule has 1 aromatic carbocycles. The molecule has 24 heavy (non-hydrogen) atoms. The van der Waals surface area contributed by atoms with Crippen LogP contribution in [0.4, 0.5) is 4.79 Å². The lowest BCUT2D eigenvalue weighted by atomic mass is 10.0. The fraction of sp³-hybridized carbons (Fsp3) is 0.650. The van der Waals surface area contributed by atoms with Crippen molar-refractivity contribution in [1.29, 1.82) is 0 Å². The number of ether oxygens (including phenoxy) is 1. The molecule has 0 bridgehead atoms. The van der Waals surface area contributed by atoms with Crippen LogP contribution >= 0.6 is 0 Å². The molecular formula is C20H30N2O2. The summed E-state index contributed by atoms with van der Waals surface area (Å²) in [6, 6.07) is 11.4. The van der Waals surface area contributed by atoms with Crippen molar-refractivity contribution in [2.24, 2.45) is 0 Å². The molecule has 0 N–H and O–H groups in total. The predicted molar refractivity (Wildman–Crippen MR) is 95.8 cm³/mol. The van der Waals surface area contributed by atoms with Gasteiger partial charge in [0.25, 0.3) is 0 Å². The van der Waals surface area contributed by atoms with Crippen LogP contribution in [0.1, 0.15) is 52.0 Å². The van der Waals surface area contributed by atoms with Gasteiger partial charge in [0.15, 0.2) is 0 Å². The highest BCUT2D eigenvalue weighted by Gasteiger charge is 2.42. The van der Waals surface area contributed by atoms with E-state index in [0.717, 1.165) is 32.5 Å². The molecule has 132 valence electrons. The fourth-order valence-corrected chi connectivity index (χ4v) is 4.01. The summed E-state index contributed by atoms with van der Waals surface area (Å²) in [6.45, 7) is 8.73. The zero-order chi connectivity index (χ0) is 17.2. The summed E-state index contributed by atoms with van der Waals surface area (Å²) in [4.78, 5) is 17.1. The summed E-state index contributed by atoms with van der Waals surface area (Å²) in [5.74, 6) is 0. The monoisotopic (exact) mass is 330 g/mol. The molecule has 4 heteroatoms. The third kappa shape index (κ3) is 4.10. The maximum absolute atomic E-state index is 12.6. The smallest absolute Gasteiger partial charge is 0.410 e. The first-order chi connectivity index (χ1) is 11.4. The third-order valence-electron chi connectivity index (χ3n) is 5.03. The van der Waals surface area contributed by atoms with E-state index in [4.69, 9.17) is 4.74 Å². The van der Waals surface area contributed by atoms with Crippen molar-refractivity contribution in [2.75, 3.05) is 13.1 Å². The SMILES string of the molecule is CC(C)(C)OC(=O)N1CC[C@@H]2[C@H]1CCCCN2Cc1ccccc1. The van der Waals surface area contributed by atoms with E-state index in [-0.39, 0.29) is 6.09 Å². The maximum atomic E-state index is 12.6. The van der Waals surface area contributed by atoms with Gasteiger partial charge in [0.1, 0.15) is 5.60 Å². The second-order valence-electron chi connectivity index (χ2n) is 8.05. The van der Waals surface area contributed by atoms with Crippen molar-refractivity contribution in [3.05, 3.63) is 35.9 Å². The van der Waals surface area contributed by atoms with Crippen molar-refractivity contribution in [1.82, 2.24) is 9.80 Å². The summed E-state index contributed by atoms with van der Waals surface area (Å²) < 4.78 is 5.63. The number of hydrogen-bond donors (Lipinski definition) is 0. The summed E-state index contributed by atoms with van der Waals surface area (Å²) in [6.07, 6.45) is 4.40. The first-order valence-electron chi connectivity index (χ1n) is 9.22. The van der Waals surface area contributed by atoms with Gasteiger partial charge in [-0.05, 0) is 52.1 Å². The molecular weight excluding hydrogens is 300 g/mol. The van der Waals surface area contributed by atoms with Gasteiger partial charge in [-0.15, -0.1) is 0 Å². The van der Waals surface area contributed by atoms with Gasteiger partial charge in [0.2, 0.25) is 0 Å². The Bertz CT molecular complexity index is 553. The van der Waals surface area contributed by atoms with Gasteiger partial charge in [-0.25, -0.2) is 4.79 Å². The average Bonchev–Trinajstić information content (AvgIpc) is 2.84. The summed E-state index contributed by atoms with van der Waals surface area (Å²) in [5.41, 5.74) is 0.928. The number of likely N-dealkylation sites (tertiary alicyclic amines) is 2. The number of carbonyl (C=O) groups excluding carboxylic acids is 1. The summed E-state index contributed by atoms with van der Waals surface area (Å²) in [7, 11) is 0. The summed E-state index contributed by atoms with van der Waals surface area (Å²) in [5, 5.41) is 0. The minimum Gasteiger partial charge on any atom is -0.444 e. The van der Waals surface area contributed by atoms with Crippen LogP contribution < -0.4 is 0 Å². The van der Waals surface area contributed by atoms with Crippen LogP contribution in [0, 0.1) is 0 Å². The van der Waals surface area contributed by atoms with Crippen molar-refractivity contribution in [3.8, 4) is 0 Å². The van der Waals surface area contributed by atoms with Crippen LogP contribution in [-0.2, 0) is 11.3 Å². The van der Waals surface area contributed by atoms with Gasteiger partial charge in [-0.2, -0.15) is 0 Å². The number of amides is 1. The van der Waals surface area contributed by atoms with Gasteiger partial charge >= 0.3 is 6.09 Å².